The maximum Gasteiger partial charge on any atom is 0.412 e. The summed E-state index contributed by atoms with van der Waals surface area (Å²) in [5.41, 5.74) is 4.38. The maximum atomic E-state index is 13.3. The Labute approximate surface area is 201 Å². The Morgan fingerprint density at radius 3 is 2.36 bits per heavy atom. The summed E-state index contributed by atoms with van der Waals surface area (Å²) in [4.78, 5) is 30.1. The Bertz CT molecular complexity index is 638. The van der Waals surface area contributed by atoms with Crippen molar-refractivity contribution in [3.8, 4) is 0 Å². The van der Waals surface area contributed by atoms with Crippen LogP contribution in [-0.2, 0) is 14.3 Å². The van der Waals surface area contributed by atoms with Crippen LogP contribution >= 0.6 is 0 Å². The molecule has 2 rings (SSSR count). The molecule has 2 amide bonds. The van der Waals surface area contributed by atoms with Gasteiger partial charge >= 0.3 is 6.09 Å². The molecule has 2 N–H and O–H groups in total. The van der Waals surface area contributed by atoms with Gasteiger partial charge in [-0.05, 0) is 65.8 Å². The number of hydrogen-bond donors (Lipinski definition) is 1. The van der Waals surface area contributed by atoms with E-state index in [4.69, 9.17) is 15.2 Å². The lowest BCUT2D eigenvalue weighted by atomic mass is 9.83. The van der Waals surface area contributed by atoms with Gasteiger partial charge in [0.25, 0.3) is 0 Å². The second-order valence-electron chi connectivity index (χ2n) is 11.8. The van der Waals surface area contributed by atoms with E-state index in [1.54, 1.807) is 0 Å². The largest absolute Gasteiger partial charge is 0.444 e. The molecule has 192 valence electrons. The molecular weight excluding hydrogens is 418 g/mol. The van der Waals surface area contributed by atoms with Gasteiger partial charge in [-0.15, -0.1) is 0 Å². The Kier molecular flexibility index (Phi) is 10.0. The van der Waals surface area contributed by atoms with Gasteiger partial charge in [0.1, 0.15) is 11.3 Å². The van der Waals surface area contributed by atoms with E-state index in [0.29, 0.717) is 32.0 Å². The number of carbonyl (C=O) groups is 2. The topological polar surface area (TPSA) is 85.1 Å². The summed E-state index contributed by atoms with van der Waals surface area (Å²) in [6, 6.07) is -0.120. The van der Waals surface area contributed by atoms with Crippen molar-refractivity contribution in [2.24, 2.45) is 17.6 Å². The lowest BCUT2D eigenvalue weighted by Crippen LogP contribution is -2.51. The molecule has 33 heavy (non-hydrogen) atoms. The highest BCUT2D eigenvalue weighted by Gasteiger charge is 2.52. The Hall–Kier alpha value is -1.34. The van der Waals surface area contributed by atoms with Gasteiger partial charge in [-0.25, -0.2) is 4.79 Å². The fourth-order valence-electron chi connectivity index (χ4n) is 5.21. The molecule has 0 aromatic heterocycles. The number of nitrogens with zero attached hydrogens (tertiary/aromatic N) is 2. The first-order chi connectivity index (χ1) is 15.3. The van der Waals surface area contributed by atoms with Gasteiger partial charge in [-0.3, -0.25) is 9.69 Å². The van der Waals surface area contributed by atoms with Crippen LogP contribution < -0.4 is 5.73 Å². The van der Waals surface area contributed by atoms with Crippen LogP contribution in [0.3, 0.4) is 0 Å². The van der Waals surface area contributed by atoms with Gasteiger partial charge in [-0.1, -0.05) is 46.0 Å². The minimum Gasteiger partial charge on any atom is -0.444 e. The second kappa shape index (κ2) is 11.9. The van der Waals surface area contributed by atoms with Gasteiger partial charge < -0.3 is 20.1 Å². The summed E-state index contributed by atoms with van der Waals surface area (Å²) in [7, 11) is 0. The van der Waals surface area contributed by atoms with Crippen LogP contribution in [0.15, 0.2) is 0 Å². The van der Waals surface area contributed by atoms with Gasteiger partial charge in [0.15, 0.2) is 0 Å². The first-order valence-electron chi connectivity index (χ1n) is 13.0. The first-order valence-corrected chi connectivity index (χ1v) is 13.0. The smallest absolute Gasteiger partial charge is 0.412 e. The number of nitrogens with two attached hydrogens (primary N) is 1. The maximum absolute atomic E-state index is 13.3. The number of carbonyl (C=O) groups excluding carboxylic acids is 2. The number of hydrogen-bond acceptors (Lipinski definition) is 5. The number of ether oxygens (including phenoxy) is 2. The third-order valence-electron chi connectivity index (χ3n) is 6.64. The fraction of sp³-hybridized carbons (Fsp3) is 0.923. The summed E-state index contributed by atoms with van der Waals surface area (Å²) in [5, 5.41) is 0. The van der Waals surface area contributed by atoms with Crippen LogP contribution in [0.4, 0.5) is 4.79 Å². The molecule has 7 nitrogen and oxygen atoms in total. The molecule has 0 unspecified atom stereocenters. The highest BCUT2D eigenvalue weighted by Crippen LogP contribution is 2.39. The third kappa shape index (κ3) is 8.43. The van der Waals surface area contributed by atoms with E-state index < -0.39 is 11.3 Å². The van der Waals surface area contributed by atoms with Crippen molar-refractivity contribution in [2.45, 2.75) is 123 Å². The zero-order valence-electron chi connectivity index (χ0n) is 22.2. The Morgan fingerprint density at radius 1 is 1.18 bits per heavy atom. The summed E-state index contributed by atoms with van der Waals surface area (Å²) in [6.07, 6.45) is 7.72. The SMILES string of the molecule is CC(C)CC(=O)N(CCCN)C[C@@H]1OC(C)(C)N(C(=O)OC(C)(C)C)[C@H]1CC1CCCCC1. The van der Waals surface area contributed by atoms with E-state index in [-0.39, 0.29) is 30.1 Å². The lowest BCUT2D eigenvalue weighted by Gasteiger charge is -2.37. The van der Waals surface area contributed by atoms with Gasteiger partial charge in [0.05, 0.1) is 12.1 Å². The average Bonchev–Trinajstić information content (AvgIpc) is 2.93. The van der Waals surface area contributed by atoms with Crippen molar-refractivity contribution in [1.29, 1.82) is 0 Å². The zero-order chi connectivity index (χ0) is 24.8. The molecule has 1 saturated heterocycles. The Balaban J connectivity index is 2.29. The quantitative estimate of drug-likeness (QED) is 0.520. The van der Waals surface area contributed by atoms with Gasteiger partial charge in [0.2, 0.25) is 5.91 Å². The van der Waals surface area contributed by atoms with Crippen molar-refractivity contribution in [2.75, 3.05) is 19.6 Å². The van der Waals surface area contributed by atoms with Gasteiger partial charge in [-0.2, -0.15) is 0 Å². The van der Waals surface area contributed by atoms with Crippen LogP contribution in [-0.4, -0.2) is 64.9 Å². The van der Waals surface area contributed by atoms with Crippen molar-refractivity contribution in [3.05, 3.63) is 0 Å². The van der Waals surface area contributed by atoms with Crippen LogP contribution in [0.1, 0.15) is 99.8 Å². The number of amides is 2. The van der Waals surface area contributed by atoms with E-state index in [0.717, 1.165) is 12.8 Å². The summed E-state index contributed by atoms with van der Waals surface area (Å²) < 4.78 is 12.3. The predicted molar refractivity (Wildman–Crippen MR) is 132 cm³/mol. The Morgan fingerprint density at radius 2 is 1.82 bits per heavy atom. The molecule has 1 aliphatic heterocycles. The third-order valence-corrected chi connectivity index (χ3v) is 6.64. The van der Waals surface area contributed by atoms with Crippen LogP contribution in [0.25, 0.3) is 0 Å². The molecule has 0 spiro atoms. The van der Waals surface area contributed by atoms with Crippen molar-refractivity contribution in [3.63, 3.8) is 0 Å². The van der Waals surface area contributed by atoms with E-state index in [2.05, 4.69) is 13.8 Å². The van der Waals surface area contributed by atoms with E-state index in [1.165, 1.54) is 32.1 Å². The normalized spacial score (nSPS) is 23.7. The van der Waals surface area contributed by atoms with Gasteiger partial charge in [0, 0.05) is 19.5 Å². The molecule has 0 aromatic carbocycles. The predicted octanol–water partition coefficient (Wildman–Crippen LogP) is 4.92. The first kappa shape index (κ1) is 27.9. The second-order valence-corrected chi connectivity index (χ2v) is 11.8. The zero-order valence-corrected chi connectivity index (χ0v) is 22.2. The minimum atomic E-state index is -0.799. The van der Waals surface area contributed by atoms with E-state index in [9.17, 15) is 9.59 Å². The minimum absolute atomic E-state index is 0.120. The molecule has 0 aromatic rings. The molecule has 7 heteroatoms. The molecule has 1 heterocycles. The lowest BCUT2D eigenvalue weighted by molar-refractivity contribution is -0.135. The standard InChI is InChI=1S/C26H49N3O4/c1-19(2)16-23(30)28(15-11-14-27)18-22-21(17-20-12-9-8-10-13-20)29(26(6,7)32-22)24(31)33-25(3,4)5/h19-22H,8-18,27H2,1-7H3/t21-,22-/m0/s1. The summed E-state index contributed by atoms with van der Waals surface area (Å²) in [6.45, 7) is 15.3. The molecule has 2 fully saturated rings. The average molecular weight is 468 g/mol. The monoisotopic (exact) mass is 467 g/mol. The van der Waals surface area contributed by atoms with Crippen LogP contribution in [0, 0.1) is 11.8 Å². The fourth-order valence-corrected chi connectivity index (χ4v) is 5.21. The van der Waals surface area contributed by atoms with Crippen molar-refractivity contribution in [1.82, 2.24) is 9.80 Å². The molecule has 0 bridgehead atoms. The summed E-state index contributed by atoms with van der Waals surface area (Å²) >= 11 is 0. The van der Waals surface area contributed by atoms with E-state index >= 15 is 0 Å². The summed E-state index contributed by atoms with van der Waals surface area (Å²) in [5.74, 6) is 0.986. The van der Waals surface area contributed by atoms with Crippen LogP contribution in [0.2, 0.25) is 0 Å². The molecule has 1 aliphatic carbocycles. The van der Waals surface area contributed by atoms with Crippen molar-refractivity contribution < 1.29 is 19.1 Å². The van der Waals surface area contributed by atoms with Crippen LogP contribution in [0.5, 0.6) is 0 Å². The van der Waals surface area contributed by atoms with Crippen molar-refractivity contribution >= 4 is 12.0 Å². The molecular formula is C26H49N3O4. The highest BCUT2D eigenvalue weighted by atomic mass is 16.6. The molecule has 2 atom stereocenters. The highest BCUT2D eigenvalue weighted by molar-refractivity contribution is 5.76. The molecule has 0 radical (unpaired) electrons. The van der Waals surface area contributed by atoms with E-state index in [1.807, 2.05) is 44.4 Å². The number of rotatable bonds is 9. The molecule has 2 aliphatic rings. The molecule has 1 saturated carbocycles.